The van der Waals surface area contributed by atoms with Crippen LogP contribution in [0, 0.1) is 11.8 Å². The number of para-hydroxylation sites is 1. The van der Waals surface area contributed by atoms with E-state index < -0.39 is 12.1 Å². The molecule has 0 bridgehead atoms. The average Bonchev–Trinajstić information content (AvgIpc) is 3.57. The lowest BCUT2D eigenvalue weighted by atomic mass is 9.98. The van der Waals surface area contributed by atoms with Crippen LogP contribution in [0.4, 0.5) is 10.5 Å². The van der Waals surface area contributed by atoms with E-state index in [4.69, 9.17) is 4.74 Å². The zero-order valence-corrected chi connectivity index (χ0v) is 18.4. The molecule has 172 valence electrons. The lowest BCUT2D eigenvalue weighted by Crippen LogP contribution is -2.29. The maximum Gasteiger partial charge on any atom is 0.407 e. The fourth-order valence-corrected chi connectivity index (χ4v) is 4.66. The first-order valence-corrected chi connectivity index (χ1v) is 11.2. The lowest BCUT2D eigenvalue weighted by Gasteiger charge is -2.14. The predicted molar refractivity (Wildman–Crippen MR) is 127 cm³/mol. The molecule has 0 heterocycles. The summed E-state index contributed by atoms with van der Waals surface area (Å²) in [5, 5.41) is 14.7. The molecule has 7 nitrogen and oxygen atoms in total. The van der Waals surface area contributed by atoms with Crippen LogP contribution in [0.25, 0.3) is 11.1 Å². The molecule has 2 atom stereocenters. The van der Waals surface area contributed by atoms with Gasteiger partial charge in [-0.1, -0.05) is 60.7 Å². The Morgan fingerprint density at radius 2 is 1.50 bits per heavy atom. The van der Waals surface area contributed by atoms with Crippen molar-refractivity contribution >= 4 is 23.7 Å². The number of carboxylic acid groups (broad SMARTS) is 1. The average molecular weight is 456 g/mol. The Balaban J connectivity index is 1.12. The smallest absolute Gasteiger partial charge is 0.407 e. The van der Waals surface area contributed by atoms with Crippen molar-refractivity contribution in [2.24, 2.45) is 11.8 Å². The molecule has 7 heteroatoms. The van der Waals surface area contributed by atoms with Gasteiger partial charge in [-0.2, -0.15) is 0 Å². The molecule has 3 aromatic carbocycles. The van der Waals surface area contributed by atoms with Gasteiger partial charge < -0.3 is 20.5 Å². The van der Waals surface area contributed by atoms with Crippen LogP contribution < -0.4 is 10.6 Å². The monoisotopic (exact) mass is 456 g/mol. The van der Waals surface area contributed by atoms with E-state index in [-0.39, 0.29) is 41.5 Å². The molecule has 2 unspecified atom stereocenters. The van der Waals surface area contributed by atoms with E-state index >= 15 is 0 Å². The molecular weight excluding hydrogens is 432 g/mol. The SMILES string of the molecule is O=C(NCC1CC1C(=O)Nc1ccccc1C(=O)O)OCC1c2ccccc2-c2ccccc21. The quantitative estimate of drug-likeness (QED) is 0.486. The number of amides is 2. The Hall–Kier alpha value is -4.13. The predicted octanol–water partition coefficient (Wildman–Crippen LogP) is 4.50. The fourth-order valence-electron chi connectivity index (χ4n) is 4.66. The summed E-state index contributed by atoms with van der Waals surface area (Å²) in [4.78, 5) is 36.1. The van der Waals surface area contributed by atoms with E-state index in [0.29, 0.717) is 13.0 Å². The molecule has 1 saturated carbocycles. The molecular formula is C27H24N2O5. The van der Waals surface area contributed by atoms with Gasteiger partial charge in [-0.25, -0.2) is 9.59 Å². The Labute approximate surface area is 196 Å². The Morgan fingerprint density at radius 3 is 2.18 bits per heavy atom. The first kappa shape index (κ1) is 21.7. The van der Waals surface area contributed by atoms with Gasteiger partial charge in [-0.3, -0.25) is 4.79 Å². The van der Waals surface area contributed by atoms with Crippen LogP contribution in [0.5, 0.6) is 0 Å². The molecule has 2 amide bonds. The second kappa shape index (κ2) is 9.02. The fraction of sp³-hybridized carbons (Fsp3) is 0.222. The van der Waals surface area contributed by atoms with Gasteiger partial charge in [-0.05, 0) is 46.7 Å². The van der Waals surface area contributed by atoms with Crippen molar-refractivity contribution in [1.82, 2.24) is 5.32 Å². The van der Waals surface area contributed by atoms with Crippen molar-refractivity contribution in [3.63, 3.8) is 0 Å². The number of carbonyl (C=O) groups is 3. The minimum absolute atomic E-state index is 0.00234. The lowest BCUT2D eigenvalue weighted by molar-refractivity contribution is -0.117. The molecule has 34 heavy (non-hydrogen) atoms. The van der Waals surface area contributed by atoms with Crippen LogP contribution in [-0.2, 0) is 9.53 Å². The van der Waals surface area contributed by atoms with E-state index in [1.165, 1.54) is 17.2 Å². The second-order valence-electron chi connectivity index (χ2n) is 8.65. The minimum Gasteiger partial charge on any atom is -0.478 e. The molecule has 1 fully saturated rings. The molecule has 0 saturated heterocycles. The summed E-state index contributed by atoms with van der Waals surface area (Å²) in [5.41, 5.74) is 4.96. The summed E-state index contributed by atoms with van der Waals surface area (Å²) in [6.07, 6.45) is 0.120. The zero-order valence-electron chi connectivity index (χ0n) is 18.4. The van der Waals surface area contributed by atoms with Crippen LogP contribution >= 0.6 is 0 Å². The van der Waals surface area contributed by atoms with Crippen LogP contribution in [0.15, 0.2) is 72.8 Å². The highest BCUT2D eigenvalue weighted by Crippen LogP contribution is 2.44. The number of carbonyl (C=O) groups excluding carboxylic acids is 2. The molecule has 0 aliphatic heterocycles. The Kier molecular flexibility index (Phi) is 5.76. The van der Waals surface area contributed by atoms with Crippen molar-refractivity contribution in [2.75, 3.05) is 18.5 Å². The van der Waals surface area contributed by atoms with Crippen LogP contribution in [0.2, 0.25) is 0 Å². The number of rotatable bonds is 7. The summed E-state index contributed by atoms with van der Waals surface area (Å²) in [6.45, 7) is 0.565. The van der Waals surface area contributed by atoms with Crippen molar-refractivity contribution in [2.45, 2.75) is 12.3 Å². The molecule has 5 rings (SSSR count). The van der Waals surface area contributed by atoms with Gasteiger partial charge in [0, 0.05) is 18.4 Å². The first-order chi connectivity index (χ1) is 16.5. The van der Waals surface area contributed by atoms with Gasteiger partial charge in [-0.15, -0.1) is 0 Å². The van der Waals surface area contributed by atoms with Crippen molar-refractivity contribution in [1.29, 1.82) is 0 Å². The third-order valence-corrected chi connectivity index (χ3v) is 6.53. The van der Waals surface area contributed by atoms with Gasteiger partial charge in [0.25, 0.3) is 0 Å². The third-order valence-electron chi connectivity index (χ3n) is 6.53. The first-order valence-electron chi connectivity index (χ1n) is 11.2. The summed E-state index contributed by atoms with van der Waals surface area (Å²) in [6, 6.07) is 22.6. The van der Waals surface area contributed by atoms with Gasteiger partial charge in [0.15, 0.2) is 0 Å². The molecule has 2 aliphatic carbocycles. The Morgan fingerprint density at radius 1 is 0.882 bits per heavy atom. The minimum atomic E-state index is -1.10. The third kappa shape index (κ3) is 4.24. The molecule has 3 aromatic rings. The maximum atomic E-state index is 12.5. The van der Waals surface area contributed by atoms with E-state index in [0.717, 1.165) is 11.1 Å². The van der Waals surface area contributed by atoms with E-state index in [9.17, 15) is 19.5 Å². The molecule has 3 N–H and O–H groups in total. The molecule has 0 aromatic heterocycles. The number of aromatic carboxylic acids is 1. The zero-order chi connectivity index (χ0) is 23.7. The Bertz CT molecular complexity index is 1230. The van der Waals surface area contributed by atoms with Crippen molar-refractivity contribution in [3.8, 4) is 11.1 Å². The maximum absolute atomic E-state index is 12.5. The highest BCUT2D eigenvalue weighted by atomic mass is 16.5. The molecule has 2 aliphatic rings. The standard InChI is InChI=1S/C27H24N2O5/c30-25(29-24-12-6-5-11-21(24)26(31)32)22-13-16(22)14-28-27(33)34-15-23-19-9-3-1-7-17(19)18-8-2-4-10-20(18)23/h1-12,16,22-23H,13-15H2,(H,28,33)(H,29,30)(H,31,32). The van der Waals surface area contributed by atoms with Crippen molar-refractivity contribution < 1.29 is 24.2 Å². The van der Waals surface area contributed by atoms with Crippen LogP contribution in [0.3, 0.4) is 0 Å². The largest absolute Gasteiger partial charge is 0.478 e. The number of hydrogen-bond acceptors (Lipinski definition) is 4. The van der Waals surface area contributed by atoms with Gasteiger partial charge in [0.2, 0.25) is 5.91 Å². The normalized spacial score (nSPS) is 17.9. The van der Waals surface area contributed by atoms with Crippen LogP contribution in [-0.4, -0.2) is 36.2 Å². The van der Waals surface area contributed by atoms with Crippen molar-refractivity contribution in [3.05, 3.63) is 89.5 Å². The van der Waals surface area contributed by atoms with Crippen LogP contribution in [0.1, 0.15) is 33.8 Å². The summed E-state index contributed by atoms with van der Waals surface area (Å²) >= 11 is 0. The van der Waals surface area contributed by atoms with Gasteiger partial charge in [0.1, 0.15) is 6.61 Å². The van der Waals surface area contributed by atoms with E-state index in [1.54, 1.807) is 18.2 Å². The number of hydrogen-bond donors (Lipinski definition) is 3. The molecule has 0 spiro atoms. The number of ether oxygens (including phenoxy) is 1. The van der Waals surface area contributed by atoms with E-state index in [2.05, 4.69) is 34.9 Å². The van der Waals surface area contributed by atoms with Gasteiger partial charge in [0.05, 0.1) is 11.3 Å². The van der Waals surface area contributed by atoms with E-state index in [1.807, 2.05) is 24.3 Å². The molecule has 0 radical (unpaired) electrons. The number of benzene rings is 3. The number of fused-ring (bicyclic) bond motifs is 3. The number of anilines is 1. The topological polar surface area (TPSA) is 105 Å². The van der Waals surface area contributed by atoms with Gasteiger partial charge >= 0.3 is 12.1 Å². The number of alkyl carbamates (subject to hydrolysis) is 1. The summed E-state index contributed by atoms with van der Waals surface area (Å²) in [5.74, 6) is -1.62. The summed E-state index contributed by atoms with van der Waals surface area (Å²) < 4.78 is 5.54. The second-order valence-corrected chi connectivity index (χ2v) is 8.65. The number of nitrogens with one attached hydrogen (secondary N) is 2. The number of carboxylic acids is 1. The highest BCUT2D eigenvalue weighted by Gasteiger charge is 2.43. The summed E-state index contributed by atoms with van der Waals surface area (Å²) in [7, 11) is 0. The highest BCUT2D eigenvalue weighted by molar-refractivity contribution is 6.01.